The van der Waals surface area contributed by atoms with Gasteiger partial charge in [-0.2, -0.15) is 10.2 Å². The van der Waals surface area contributed by atoms with Crippen LogP contribution < -0.4 is 10.5 Å². The summed E-state index contributed by atoms with van der Waals surface area (Å²) in [6.07, 6.45) is 6.08. The van der Waals surface area contributed by atoms with E-state index in [1.807, 2.05) is 41.7 Å². The fourth-order valence-electron chi connectivity index (χ4n) is 2.01. The van der Waals surface area contributed by atoms with Gasteiger partial charge in [-0.3, -0.25) is 0 Å². The Balaban J connectivity index is 1.88. The molecule has 94 valence electrons. The van der Waals surface area contributed by atoms with Crippen LogP contribution in [0.25, 0.3) is 12.2 Å². The molecular weight excluding hydrogens is 234 g/mol. The van der Waals surface area contributed by atoms with Gasteiger partial charge in [-0.1, -0.05) is 60.7 Å². The molecule has 19 heavy (non-hydrogen) atoms. The molecule has 1 aliphatic rings. The summed E-state index contributed by atoms with van der Waals surface area (Å²) in [5, 5.41) is 6.10. The van der Waals surface area contributed by atoms with Crippen molar-refractivity contribution in [3.63, 3.8) is 0 Å². The molecule has 1 aliphatic heterocycles. The average Bonchev–Trinajstić information content (AvgIpc) is 3.01. The number of hydrogen-bond donors (Lipinski definition) is 1. The van der Waals surface area contributed by atoms with E-state index in [1.165, 1.54) is 5.56 Å². The third-order valence-corrected chi connectivity index (χ3v) is 2.95. The smallest absolute Gasteiger partial charge is 0.0851 e. The van der Waals surface area contributed by atoms with Crippen LogP contribution in [0.15, 0.2) is 59.7 Å². The fourth-order valence-corrected chi connectivity index (χ4v) is 2.01. The van der Waals surface area contributed by atoms with Crippen LogP contribution in [-0.4, -0.2) is 12.8 Å². The summed E-state index contributed by atoms with van der Waals surface area (Å²) in [6, 6.07) is 18.5. The van der Waals surface area contributed by atoms with Crippen LogP contribution in [0.4, 0.5) is 5.69 Å². The van der Waals surface area contributed by atoms with Gasteiger partial charge in [0.1, 0.15) is 0 Å². The molecule has 0 saturated heterocycles. The highest BCUT2D eigenvalue weighted by molar-refractivity contribution is 5.78. The Morgan fingerprint density at radius 1 is 0.947 bits per heavy atom. The van der Waals surface area contributed by atoms with Gasteiger partial charge in [0, 0.05) is 11.8 Å². The van der Waals surface area contributed by atoms with Crippen molar-refractivity contribution >= 4 is 24.1 Å². The van der Waals surface area contributed by atoms with E-state index in [0.29, 0.717) is 0 Å². The lowest BCUT2D eigenvalue weighted by atomic mass is 10.1. The quantitative estimate of drug-likeness (QED) is 0.846. The number of hydrogen-bond acceptors (Lipinski definition) is 3. The summed E-state index contributed by atoms with van der Waals surface area (Å²) in [5.41, 5.74) is 6.57. The van der Waals surface area contributed by atoms with Crippen LogP contribution >= 0.6 is 0 Å². The number of hydrazone groups is 1. The van der Waals surface area contributed by atoms with Crippen molar-refractivity contribution in [2.75, 3.05) is 11.7 Å². The number of benzene rings is 2. The largest absolute Gasteiger partial charge is 0.208 e. The molecule has 3 heteroatoms. The van der Waals surface area contributed by atoms with Gasteiger partial charge in [0.15, 0.2) is 0 Å². The Hall–Kier alpha value is -2.39. The summed E-state index contributed by atoms with van der Waals surface area (Å²) in [5.74, 6) is 0. The maximum absolute atomic E-state index is 4.28. The lowest BCUT2D eigenvalue weighted by molar-refractivity contribution is 0.757. The van der Waals surface area contributed by atoms with E-state index in [-0.39, 0.29) is 0 Å². The van der Waals surface area contributed by atoms with Gasteiger partial charge < -0.3 is 0 Å². The van der Waals surface area contributed by atoms with Crippen LogP contribution in [0.2, 0.25) is 0 Å². The second-order valence-electron chi connectivity index (χ2n) is 4.27. The number of rotatable bonds is 3. The zero-order valence-corrected chi connectivity index (χ0v) is 10.5. The minimum atomic E-state index is 0.775. The molecule has 1 N–H and O–H groups in total. The first kappa shape index (κ1) is 11.7. The van der Waals surface area contributed by atoms with Crippen LogP contribution in [0.5, 0.6) is 0 Å². The molecule has 0 fully saturated rings. The van der Waals surface area contributed by atoms with Gasteiger partial charge in [-0.25, -0.2) is 5.43 Å². The summed E-state index contributed by atoms with van der Waals surface area (Å²) >= 11 is 0. The van der Waals surface area contributed by atoms with Crippen molar-refractivity contribution in [1.29, 1.82) is 0 Å². The summed E-state index contributed by atoms with van der Waals surface area (Å²) in [4.78, 5) is 0. The fraction of sp³-hybridized carbons (Fsp3) is 0.0625. The van der Waals surface area contributed by atoms with Crippen molar-refractivity contribution < 1.29 is 0 Å². The third kappa shape index (κ3) is 2.72. The monoisotopic (exact) mass is 249 g/mol. The first-order valence-electron chi connectivity index (χ1n) is 6.32. The van der Waals surface area contributed by atoms with Crippen LogP contribution in [0.1, 0.15) is 11.1 Å². The van der Waals surface area contributed by atoms with Gasteiger partial charge in [0.2, 0.25) is 0 Å². The Labute approximate surface area is 112 Å². The topological polar surface area (TPSA) is 27.6 Å². The first-order chi connectivity index (χ1) is 9.43. The Bertz CT molecular complexity index is 602. The van der Waals surface area contributed by atoms with E-state index in [4.69, 9.17) is 0 Å². The zero-order chi connectivity index (χ0) is 12.9. The summed E-state index contributed by atoms with van der Waals surface area (Å²) < 4.78 is 0. The molecule has 3 rings (SSSR count). The molecule has 0 spiro atoms. The molecular formula is C16H15N3. The number of nitrogens with one attached hydrogen (secondary N) is 1. The molecule has 2 aromatic carbocycles. The van der Waals surface area contributed by atoms with Crippen LogP contribution in [-0.2, 0) is 0 Å². The van der Waals surface area contributed by atoms with E-state index in [9.17, 15) is 0 Å². The second-order valence-corrected chi connectivity index (χ2v) is 4.27. The molecule has 0 unspecified atom stereocenters. The molecule has 0 amide bonds. The SMILES string of the molecule is C(=Cc1ccccc1N1N=CCN1)c1ccccc1. The lowest BCUT2D eigenvalue weighted by Crippen LogP contribution is -2.28. The minimum Gasteiger partial charge on any atom is -0.208 e. The van der Waals surface area contributed by atoms with Crippen molar-refractivity contribution in [1.82, 2.24) is 5.43 Å². The summed E-state index contributed by atoms with van der Waals surface area (Å²) in [6.45, 7) is 0.775. The van der Waals surface area contributed by atoms with E-state index < -0.39 is 0 Å². The van der Waals surface area contributed by atoms with Crippen LogP contribution in [0.3, 0.4) is 0 Å². The molecule has 0 atom stereocenters. The van der Waals surface area contributed by atoms with E-state index in [1.54, 1.807) is 0 Å². The molecule has 0 aromatic heterocycles. The number of hydrazine groups is 1. The first-order valence-corrected chi connectivity index (χ1v) is 6.32. The lowest BCUT2D eigenvalue weighted by Gasteiger charge is -2.16. The second kappa shape index (κ2) is 5.50. The van der Waals surface area contributed by atoms with Gasteiger partial charge >= 0.3 is 0 Å². The Morgan fingerprint density at radius 2 is 1.74 bits per heavy atom. The van der Waals surface area contributed by atoms with Crippen molar-refractivity contribution in [2.24, 2.45) is 5.10 Å². The summed E-state index contributed by atoms with van der Waals surface area (Å²) in [7, 11) is 0. The van der Waals surface area contributed by atoms with Gasteiger partial charge in [0.05, 0.1) is 12.2 Å². The van der Waals surface area contributed by atoms with E-state index >= 15 is 0 Å². The van der Waals surface area contributed by atoms with Crippen LogP contribution in [0, 0.1) is 0 Å². The van der Waals surface area contributed by atoms with E-state index in [0.717, 1.165) is 17.8 Å². The highest BCUT2D eigenvalue weighted by Gasteiger charge is 2.10. The number of para-hydroxylation sites is 1. The van der Waals surface area contributed by atoms with Crippen molar-refractivity contribution in [2.45, 2.75) is 0 Å². The Morgan fingerprint density at radius 3 is 2.53 bits per heavy atom. The van der Waals surface area contributed by atoms with Gasteiger partial charge in [-0.05, 0) is 11.6 Å². The molecule has 3 nitrogen and oxygen atoms in total. The molecule has 0 bridgehead atoms. The average molecular weight is 249 g/mol. The highest BCUT2D eigenvalue weighted by atomic mass is 15.7. The number of nitrogens with zero attached hydrogens (tertiary/aromatic N) is 2. The molecule has 0 aliphatic carbocycles. The minimum absolute atomic E-state index is 0.775. The van der Waals surface area contributed by atoms with Gasteiger partial charge in [-0.15, -0.1) is 0 Å². The standard InChI is InChI=1S/C16H15N3/c1-2-6-14(7-3-1)10-11-15-8-4-5-9-16(15)19-17-12-13-18-19/h1-12,18H,13H2. The molecule has 0 radical (unpaired) electrons. The molecule has 0 saturated carbocycles. The maximum Gasteiger partial charge on any atom is 0.0851 e. The van der Waals surface area contributed by atoms with E-state index in [2.05, 4.69) is 46.9 Å². The molecule has 1 heterocycles. The van der Waals surface area contributed by atoms with Crippen molar-refractivity contribution in [3.05, 3.63) is 65.7 Å². The highest BCUT2D eigenvalue weighted by Crippen LogP contribution is 2.22. The van der Waals surface area contributed by atoms with Crippen molar-refractivity contribution in [3.8, 4) is 0 Å². The maximum atomic E-state index is 4.28. The normalized spacial score (nSPS) is 14.4. The number of anilines is 1. The van der Waals surface area contributed by atoms with Gasteiger partial charge in [0.25, 0.3) is 0 Å². The zero-order valence-electron chi connectivity index (χ0n) is 10.5. The predicted octanol–water partition coefficient (Wildman–Crippen LogP) is 3.17. The Kier molecular flexibility index (Phi) is 3.38. The molecule has 2 aromatic rings. The predicted molar refractivity (Wildman–Crippen MR) is 80.8 cm³/mol. The third-order valence-electron chi connectivity index (χ3n) is 2.95.